The zero-order valence-corrected chi connectivity index (χ0v) is 21.1. The largest absolute Gasteiger partial charge is 0.493 e. The summed E-state index contributed by atoms with van der Waals surface area (Å²) in [5.74, 6) is 1.09. The molecule has 0 unspecified atom stereocenters. The molecule has 0 saturated carbocycles. The summed E-state index contributed by atoms with van der Waals surface area (Å²) >= 11 is 1.24. The number of aryl methyl sites for hydroxylation is 1. The van der Waals surface area contributed by atoms with Gasteiger partial charge in [0.15, 0.2) is 11.5 Å². The number of hydrogen-bond acceptors (Lipinski definition) is 6. The van der Waals surface area contributed by atoms with Crippen LogP contribution in [0.5, 0.6) is 11.5 Å². The normalized spacial score (nSPS) is 10.4. The summed E-state index contributed by atoms with van der Waals surface area (Å²) in [6, 6.07) is 27.0. The number of nitrogens with zero attached hydrogens (tertiary/aromatic N) is 2. The topological polar surface area (TPSA) is 84.2 Å². The molecule has 0 saturated heterocycles. The highest BCUT2D eigenvalue weighted by molar-refractivity contribution is 8.00. The molecule has 4 aromatic rings. The maximum absolute atomic E-state index is 12.6. The lowest BCUT2D eigenvalue weighted by atomic mass is 9.98. The summed E-state index contributed by atoms with van der Waals surface area (Å²) in [6.45, 7) is 2.03. The highest BCUT2D eigenvalue weighted by Gasteiger charge is 2.18. The number of amides is 1. The Kier molecular flexibility index (Phi) is 7.89. The fourth-order valence-electron chi connectivity index (χ4n) is 3.69. The van der Waals surface area contributed by atoms with Crippen LogP contribution in [0.15, 0.2) is 83.9 Å². The molecular weight excluding hydrogens is 470 g/mol. The van der Waals surface area contributed by atoms with Crippen molar-refractivity contribution in [3.8, 4) is 40.0 Å². The Balaban J connectivity index is 1.75. The number of para-hydroxylation sites is 1. The quantitative estimate of drug-likeness (QED) is 0.287. The second kappa shape index (κ2) is 11.4. The molecule has 0 atom stereocenters. The maximum atomic E-state index is 12.6. The van der Waals surface area contributed by atoms with Crippen LogP contribution in [0, 0.1) is 18.3 Å². The first kappa shape index (κ1) is 24.8. The number of ether oxygens (including phenoxy) is 2. The molecule has 0 fully saturated rings. The number of hydrogen-bond donors (Lipinski definition) is 1. The lowest BCUT2D eigenvalue weighted by Gasteiger charge is -2.14. The van der Waals surface area contributed by atoms with Gasteiger partial charge in [0.05, 0.1) is 31.2 Å². The Morgan fingerprint density at radius 1 is 0.944 bits per heavy atom. The average Bonchev–Trinajstić information content (AvgIpc) is 2.92. The number of thioether (sulfide) groups is 1. The van der Waals surface area contributed by atoms with Crippen molar-refractivity contribution in [1.29, 1.82) is 5.26 Å². The number of aromatic nitrogens is 1. The summed E-state index contributed by atoms with van der Waals surface area (Å²) in [4.78, 5) is 17.4. The van der Waals surface area contributed by atoms with Gasteiger partial charge in [0.2, 0.25) is 5.91 Å². The van der Waals surface area contributed by atoms with Gasteiger partial charge in [-0.2, -0.15) is 5.26 Å². The minimum Gasteiger partial charge on any atom is -0.493 e. The molecule has 6 nitrogen and oxygen atoms in total. The fraction of sp³-hybridized carbons (Fsp3) is 0.138. The average molecular weight is 496 g/mol. The number of pyridine rings is 1. The number of carbonyl (C=O) groups excluding carboxylic acids is 1. The predicted octanol–water partition coefficient (Wildman–Crippen LogP) is 6.34. The smallest absolute Gasteiger partial charge is 0.234 e. The van der Waals surface area contributed by atoms with Crippen LogP contribution in [0.25, 0.3) is 22.4 Å². The number of nitrogens with one attached hydrogen (secondary N) is 1. The van der Waals surface area contributed by atoms with Crippen LogP contribution in [-0.2, 0) is 4.79 Å². The van der Waals surface area contributed by atoms with Gasteiger partial charge in [-0.3, -0.25) is 4.79 Å². The van der Waals surface area contributed by atoms with E-state index in [1.54, 1.807) is 20.3 Å². The first-order valence-electron chi connectivity index (χ1n) is 11.2. The molecule has 1 heterocycles. The van der Waals surface area contributed by atoms with Crippen molar-refractivity contribution in [3.63, 3.8) is 0 Å². The monoisotopic (exact) mass is 495 g/mol. The van der Waals surface area contributed by atoms with Crippen molar-refractivity contribution in [2.24, 2.45) is 0 Å². The Morgan fingerprint density at radius 2 is 1.64 bits per heavy atom. The van der Waals surface area contributed by atoms with Crippen molar-refractivity contribution < 1.29 is 14.3 Å². The zero-order chi connectivity index (χ0) is 25.5. The summed E-state index contributed by atoms with van der Waals surface area (Å²) in [6.07, 6.45) is 0. The van der Waals surface area contributed by atoms with E-state index in [1.165, 1.54) is 11.8 Å². The third kappa shape index (κ3) is 5.68. The molecule has 1 aromatic heterocycles. The molecule has 36 heavy (non-hydrogen) atoms. The van der Waals surface area contributed by atoms with Crippen LogP contribution in [0.2, 0.25) is 0 Å². The maximum Gasteiger partial charge on any atom is 0.234 e. The molecule has 0 aliphatic heterocycles. The lowest BCUT2D eigenvalue weighted by molar-refractivity contribution is -0.113. The second-order valence-corrected chi connectivity index (χ2v) is 8.95. The first-order chi connectivity index (χ1) is 17.5. The van der Waals surface area contributed by atoms with Crippen LogP contribution in [0.4, 0.5) is 5.69 Å². The van der Waals surface area contributed by atoms with Gasteiger partial charge in [-0.05, 0) is 42.8 Å². The molecule has 0 bridgehead atoms. The van der Waals surface area contributed by atoms with Gasteiger partial charge in [0.1, 0.15) is 11.1 Å². The molecule has 0 aliphatic carbocycles. The van der Waals surface area contributed by atoms with E-state index in [1.807, 2.05) is 79.7 Å². The van der Waals surface area contributed by atoms with Gasteiger partial charge in [-0.25, -0.2) is 4.98 Å². The van der Waals surface area contributed by atoms with Crippen LogP contribution in [0.3, 0.4) is 0 Å². The Morgan fingerprint density at radius 3 is 2.31 bits per heavy atom. The Labute approximate surface area is 214 Å². The highest BCUT2D eigenvalue weighted by Crippen LogP contribution is 2.38. The first-order valence-corrected chi connectivity index (χ1v) is 12.2. The lowest BCUT2D eigenvalue weighted by Crippen LogP contribution is -2.14. The van der Waals surface area contributed by atoms with Gasteiger partial charge in [0.25, 0.3) is 0 Å². The van der Waals surface area contributed by atoms with Gasteiger partial charge in [-0.15, -0.1) is 0 Å². The van der Waals surface area contributed by atoms with Crippen molar-refractivity contribution >= 4 is 23.4 Å². The standard InChI is InChI=1S/C29H25N3O3S/c1-19-9-11-20(12-10-19)25-16-23(21-13-14-26(34-2)27(15-21)35-3)24(17-30)29(32-25)36-18-28(33)31-22-7-5-4-6-8-22/h4-16H,18H2,1-3H3,(H,31,33). The van der Waals surface area contributed by atoms with E-state index in [4.69, 9.17) is 14.5 Å². The Hall–Kier alpha value is -4.28. The van der Waals surface area contributed by atoms with Gasteiger partial charge >= 0.3 is 0 Å². The number of nitriles is 1. The van der Waals surface area contributed by atoms with Crippen LogP contribution in [-0.4, -0.2) is 30.9 Å². The van der Waals surface area contributed by atoms with E-state index in [2.05, 4.69) is 11.4 Å². The van der Waals surface area contributed by atoms with Crippen molar-refractivity contribution in [1.82, 2.24) is 4.98 Å². The van der Waals surface area contributed by atoms with Crippen molar-refractivity contribution in [2.45, 2.75) is 11.9 Å². The van der Waals surface area contributed by atoms with E-state index >= 15 is 0 Å². The highest BCUT2D eigenvalue weighted by atomic mass is 32.2. The number of methoxy groups -OCH3 is 2. The van der Waals surface area contributed by atoms with E-state index in [0.717, 1.165) is 22.4 Å². The van der Waals surface area contributed by atoms with Gasteiger partial charge < -0.3 is 14.8 Å². The molecule has 0 spiro atoms. The van der Waals surface area contributed by atoms with Gasteiger partial charge in [0, 0.05) is 16.8 Å². The van der Waals surface area contributed by atoms with Crippen molar-refractivity contribution in [3.05, 3.63) is 90.0 Å². The second-order valence-electron chi connectivity index (χ2n) is 7.99. The summed E-state index contributed by atoms with van der Waals surface area (Å²) in [5.41, 5.74) is 5.38. The molecule has 0 aliphatic rings. The zero-order valence-electron chi connectivity index (χ0n) is 20.2. The minimum absolute atomic E-state index is 0.110. The number of anilines is 1. The third-order valence-corrected chi connectivity index (χ3v) is 6.51. The van der Waals surface area contributed by atoms with Crippen LogP contribution in [0.1, 0.15) is 11.1 Å². The minimum atomic E-state index is -0.176. The summed E-state index contributed by atoms with van der Waals surface area (Å²) in [7, 11) is 3.15. The Bertz CT molecular complexity index is 1410. The van der Waals surface area contributed by atoms with E-state index in [0.29, 0.717) is 33.3 Å². The van der Waals surface area contributed by atoms with E-state index < -0.39 is 0 Å². The van der Waals surface area contributed by atoms with Crippen molar-refractivity contribution in [2.75, 3.05) is 25.3 Å². The molecule has 0 radical (unpaired) electrons. The fourth-order valence-corrected chi connectivity index (χ4v) is 4.49. The molecular formula is C29H25N3O3S. The molecule has 4 rings (SSSR count). The number of rotatable bonds is 8. The summed E-state index contributed by atoms with van der Waals surface area (Å²) in [5, 5.41) is 13.5. The molecule has 1 N–H and O–H groups in total. The molecule has 180 valence electrons. The summed E-state index contributed by atoms with van der Waals surface area (Å²) < 4.78 is 10.9. The SMILES string of the molecule is COc1ccc(-c2cc(-c3ccc(C)cc3)nc(SCC(=O)Nc3ccccc3)c2C#N)cc1OC. The van der Waals surface area contributed by atoms with Gasteiger partial charge in [-0.1, -0.05) is 65.9 Å². The molecule has 1 amide bonds. The third-order valence-electron chi connectivity index (χ3n) is 5.54. The molecule has 7 heteroatoms. The van der Waals surface area contributed by atoms with E-state index in [9.17, 15) is 10.1 Å². The predicted molar refractivity (Wildman–Crippen MR) is 143 cm³/mol. The molecule has 3 aromatic carbocycles. The van der Waals surface area contributed by atoms with Crippen LogP contribution >= 0.6 is 11.8 Å². The van der Waals surface area contributed by atoms with E-state index in [-0.39, 0.29) is 11.7 Å². The number of benzene rings is 3. The number of carbonyl (C=O) groups is 1. The van der Waals surface area contributed by atoms with Crippen LogP contribution < -0.4 is 14.8 Å².